The van der Waals surface area contributed by atoms with Crippen LogP contribution in [0.1, 0.15) is 24.8 Å². The van der Waals surface area contributed by atoms with Crippen molar-refractivity contribution < 1.29 is 14.6 Å². The van der Waals surface area contributed by atoms with Gasteiger partial charge in [-0.2, -0.15) is 0 Å². The molecule has 13 heavy (non-hydrogen) atoms. The fraction of sp³-hybridized carbons (Fsp3) is 0.300. The zero-order valence-electron chi connectivity index (χ0n) is 7.28. The lowest BCUT2D eigenvalue weighted by Gasteiger charge is -2.20. The Morgan fingerprint density at radius 2 is 2.31 bits per heavy atom. The standard InChI is InChI=1S/C10H10O3/c1-6-4-10(12)13-9-3-2-7(11)5-8(6)9/h2-3,5-6,11H,4H2,1H3/t6-/m0/s1. The second-order valence-electron chi connectivity index (χ2n) is 3.30. The molecule has 1 heterocycles. The summed E-state index contributed by atoms with van der Waals surface area (Å²) < 4.78 is 5.01. The maximum atomic E-state index is 11.0. The molecule has 0 aromatic heterocycles. The zero-order valence-corrected chi connectivity index (χ0v) is 7.28. The minimum Gasteiger partial charge on any atom is -0.508 e. The van der Waals surface area contributed by atoms with E-state index in [9.17, 15) is 9.90 Å². The van der Waals surface area contributed by atoms with Gasteiger partial charge in [0.1, 0.15) is 11.5 Å². The Balaban J connectivity index is 2.49. The van der Waals surface area contributed by atoms with Gasteiger partial charge in [-0.15, -0.1) is 0 Å². The largest absolute Gasteiger partial charge is 0.508 e. The van der Waals surface area contributed by atoms with E-state index in [1.165, 1.54) is 6.07 Å². The molecule has 0 amide bonds. The molecule has 0 radical (unpaired) electrons. The number of hydrogen-bond donors (Lipinski definition) is 1. The molecule has 1 aromatic rings. The molecule has 3 heteroatoms. The summed E-state index contributed by atoms with van der Waals surface area (Å²) in [5.41, 5.74) is 0.902. The Bertz CT molecular complexity index is 357. The molecule has 0 aliphatic carbocycles. The van der Waals surface area contributed by atoms with Crippen molar-refractivity contribution in [3.8, 4) is 11.5 Å². The molecular weight excluding hydrogens is 168 g/mol. The van der Waals surface area contributed by atoms with Crippen molar-refractivity contribution in [2.45, 2.75) is 19.3 Å². The van der Waals surface area contributed by atoms with E-state index in [0.29, 0.717) is 12.2 Å². The number of phenols is 1. The van der Waals surface area contributed by atoms with Crippen molar-refractivity contribution >= 4 is 5.97 Å². The maximum Gasteiger partial charge on any atom is 0.311 e. The molecule has 0 fully saturated rings. The van der Waals surface area contributed by atoms with Crippen molar-refractivity contribution in [1.29, 1.82) is 0 Å². The normalized spacial score (nSPS) is 20.7. The smallest absolute Gasteiger partial charge is 0.311 e. The lowest BCUT2D eigenvalue weighted by atomic mass is 9.95. The van der Waals surface area contributed by atoms with E-state index in [4.69, 9.17) is 4.74 Å². The summed E-state index contributed by atoms with van der Waals surface area (Å²) in [7, 11) is 0. The Hall–Kier alpha value is -1.51. The molecule has 0 saturated heterocycles. The fourth-order valence-corrected chi connectivity index (χ4v) is 1.54. The first-order valence-corrected chi connectivity index (χ1v) is 4.20. The molecule has 0 unspecified atom stereocenters. The van der Waals surface area contributed by atoms with Gasteiger partial charge in [-0.3, -0.25) is 4.79 Å². The Labute approximate surface area is 76.0 Å². The predicted molar refractivity (Wildman–Crippen MR) is 46.8 cm³/mol. The number of hydrogen-bond acceptors (Lipinski definition) is 3. The van der Waals surface area contributed by atoms with Crippen LogP contribution in [0.4, 0.5) is 0 Å². The number of carbonyl (C=O) groups is 1. The summed E-state index contributed by atoms with van der Waals surface area (Å²) in [6.07, 6.45) is 0.385. The van der Waals surface area contributed by atoms with E-state index < -0.39 is 0 Å². The summed E-state index contributed by atoms with van der Waals surface area (Å²) in [5, 5.41) is 9.23. The van der Waals surface area contributed by atoms with Crippen molar-refractivity contribution in [3.63, 3.8) is 0 Å². The summed E-state index contributed by atoms with van der Waals surface area (Å²) >= 11 is 0. The highest BCUT2D eigenvalue weighted by Gasteiger charge is 2.23. The first-order valence-electron chi connectivity index (χ1n) is 4.20. The van der Waals surface area contributed by atoms with Gasteiger partial charge in [0.2, 0.25) is 0 Å². The van der Waals surface area contributed by atoms with Crippen molar-refractivity contribution in [2.24, 2.45) is 0 Å². The van der Waals surface area contributed by atoms with Gasteiger partial charge in [0, 0.05) is 5.56 Å². The van der Waals surface area contributed by atoms with Gasteiger partial charge in [0.05, 0.1) is 6.42 Å². The molecule has 1 aliphatic heterocycles. The lowest BCUT2D eigenvalue weighted by Crippen LogP contribution is -2.18. The summed E-state index contributed by atoms with van der Waals surface area (Å²) in [6, 6.07) is 4.79. The van der Waals surface area contributed by atoms with Crippen LogP contribution in [0.15, 0.2) is 18.2 Å². The molecule has 1 N–H and O–H groups in total. The molecular formula is C10H10O3. The average Bonchev–Trinajstić information content (AvgIpc) is 2.06. The number of aromatic hydroxyl groups is 1. The maximum absolute atomic E-state index is 11.0. The SMILES string of the molecule is C[C@H]1CC(=O)Oc2ccc(O)cc21. The minimum atomic E-state index is -0.203. The monoisotopic (exact) mass is 178 g/mol. The van der Waals surface area contributed by atoms with Crippen molar-refractivity contribution in [2.75, 3.05) is 0 Å². The zero-order chi connectivity index (χ0) is 9.42. The molecule has 1 aromatic carbocycles. The summed E-state index contributed by atoms with van der Waals surface area (Å²) in [5.74, 6) is 0.708. The van der Waals surface area contributed by atoms with E-state index in [1.807, 2.05) is 6.92 Å². The first-order chi connectivity index (χ1) is 6.16. The topological polar surface area (TPSA) is 46.5 Å². The second kappa shape index (κ2) is 2.76. The van der Waals surface area contributed by atoms with Gasteiger partial charge < -0.3 is 9.84 Å². The summed E-state index contributed by atoms with van der Waals surface area (Å²) in [4.78, 5) is 11.0. The van der Waals surface area contributed by atoms with Crippen molar-refractivity contribution in [3.05, 3.63) is 23.8 Å². The van der Waals surface area contributed by atoms with Crippen LogP contribution in [-0.2, 0) is 4.79 Å². The molecule has 68 valence electrons. The van der Waals surface area contributed by atoms with Crippen LogP contribution in [0.2, 0.25) is 0 Å². The van der Waals surface area contributed by atoms with Crippen LogP contribution in [0.25, 0.3) is 0 Å². The van der Waals surface area contributed by atoms with Gasteiger partial charge in [-0.25, -0.2) is 0 Å². The Kier molecular flexibility index (Phi) is 1.72. The third kappa shape index (κ3) is 1.37. The van der Waals surface area contributed by atoms with E-state index in [-0.39, 0.29) is 17.6 Å². The molecule has 0 saturated carbocycles. The van der Waals surface area contributed by atoms with E-state index in [1.54, 1.807) is 12.1 Å². The average molecular weight is 178 g/mol. The molecule has 1 aliphatic rings. The third-order valence-corrected chi connectivity index (χ3v) is 2.22. The van der Waals surface area contributed by atoms with Crippen LogP contribution in [0, 0.1) is 0 Å². The highest BCUT2D eigenvalue weighted by Crippen LogP contribution is 2.35. The quantitative estimate of drug-likeness (QED) is 0.486. The van der Waals surface area contributed by atoms with Gasteiger partial charge in [-0.05, 0) is 24.1 Å². The van der Waals surface area contributed by atoms with E-state index >= 15 is 0 Å². The van der Waals surface area contributed by atoms with Crippen LogP contribution in [0.5, 0.6) is 11.5 Å². The van der Waals surface area contributed by atoms with E-state index in [2.05, 4.69) is 0 Å². The third-order valence-electron chi connectivity index (χ3n) is 2.22. The van der Waals surface area contributed by atoms with Gasteiger partial charge in [0.15, 0.2) is 0 Å². The van der Waals surface area contributed by atoms with Crippen molar-refractivity contribution in [1.82, 2.24) is 0 Å². The van der Waals surface area contributed by atoms with Crippen LogP contribution >= 0.6 is 0 Å². The van der Waals surface area contributed by atoms with Gasteiger partial charge in [0.25, 0.3) is 0 Å². The number of fused-ring (bicyclic) bond motifs is 1. The molecule has 1 atom stereocenters. The predicted octanol–water partition coefficient (Wildman–Crippen LogP) is 1.80. The number of carbonyl (C=O) groups excluding carboxylic acids is 1. The Morgan fingerprint density at radius 3 is 3.08 bits per heavy atom. The van der Waals surface area contributed by atoms with Gasteiger partial charge >= 0.3 is 5.97 Å². The highest BCUT2D eigenvalue weighted by atomic mass is 16.5. The molecule has 0 spiro atoms. The highest BCUT2D eigenvalue weighted by molar-refractivity contribution is 5.76. The number of phenolic OH excluding ortho intramolecular Hbond substituents is 1. The number of rotatable bonds is 0. The van der Waals surface area contributed by atoms with Crippen LogP contribution in [-0.4, -0.2) is 11.1 Å². The molecule has 3 nitrogen and oxygen atoms in total. The number of esters is 1. The molecule has 2 rings (SSSR count). The molecule has 0 bridgehead atoms. The van der Waals surface area contributed by atoms with Gasteiger partial charge in [-0.1, -0.05) is 6.92 Å². The fourth-order valence-electron chi connectivity index (χ4n) is 1.54. The summed E-state index contributed by atoms with van der Waals surface area (Å²) in [6.45, 7) is 1.94. The van der Waals surface area contributed by atoms with E-state index in [0.717, 1.165) is 5.56 Å². The minimum absolute atomic E-state index is 0.128. The Morgan fingerprint density at radius 1 is 1.54 bits per heavy atom. The lowest BCUT2D eigenvalue weighted by molar-refractivity contribution is -0.135. The second-order valence-corrected chi connectivity index (χ2v) is 3.30. The van der Waals surface area contributed by atoms with Crippen LogP contribution < -0.4 is 4.74 Å². The number of benzene rings is 1. The first kappa shape index (κ1) is 8.10. The van der Waals surface area contributed by atoms with Crippen LogP contribution in [0.3, 0.4) is 0 Å². The number of ether oxygens (including phenoxy) is 1.